The molecule has 0 atom stereocenters. The van der Waals surface area contributed by atoms with Gasteiger partial charge in [-0.15, -0.1) is 0 Å². The van der Waals surface area contributed by atoms with Crippen LogP contribution < -0.4 is 5.73 Å². The van der Waals surface area contributed by atoms with Crippen LogP contribution in [0.1, 0.15) is 56.1 Å². The van der Waals surface area contributed by atoms with Gasteiger partial charge in [-0.25, -0.2) is 18.4 Å². The van der Waals surface area contributed by atoms with E-state index in [1.807, 2.05) is 27.7 Å². The van der Waals surface area contributed by atoms with Crippen LogP contribution in [0.2, 0.25) is 0 Å². The number of aromatic nitrogens is 3. The number of pyridine rings is 1. The van der Waals surface area contributed by atoms with E-state index < -0.39 is 9.84 Å². The standard InChI is InChI=1S/C18H30N4O2S/c1-5-6-11-25(23,24)12-9-7-8-10-22-15(4)21-16-17(22)13(2)14(3)20-18(16)19/h5-12H2,1-4H3,(H2,19,20). The summed E-state index contributed by atoms with van der Waals surface area (Å²) in [5.74, 6) is 2.01. The molecule has 0 aliphatic heterocycles. The number of unbranched alkanes of at least 4 members (excludes halogenated alkanes) is 3. The SMILES string of the molecule is CCCCS(=O)(=O)CCCCCn1c(C)nc2c(N)nc(C)c(C)c21. The van der Waals surface area contributed by atoms with Gasteiger partial charge >= 0.3 is 0 Å². The lowest BCUT2D eigenvalue weighted by molar-refractivity contribution is 0.575. The zero-order valence-corrected chi connectivity index (χ0v) is 16.6. The van der Waals surface area contributed by atoms with Crippen molar-refractivity contribution in [1.82, 2.24) is 14.5 Å². The first kappa shape index (κ1) is 19.7. The number of imidazole rings is 1. The van der Waals surface area contributed by atoms with Gasteiger partial charge in [0.05, 0.1) is 17.0 Å². The second-order valence-electron chi connectivity index (χ2n) is 6.78. The number of fused-ring (bicyclic) bond motifs is 1. The van der Waals surface area contributed by atoms with Gasteiger partial charge in [-0.05, 0) is 45.6 Å². The Morgan fingerprint density at radius 1 is 1.00 bits per heavy atom. The lowest BCUT2D eigenvalue weighted by Gasteiger charge is -2.10. The average molecular weight is 367 g/mol. The molecule has 0 aliphatic carbocycles. The van der Waals surface area contributed by atoms with Gasteiger partial charge in [0.1, 0.15) is 21.2 Å². The molecule has 0 aromatic carbocycles. The molecule has 7 heteroatoms. The maximum Gasteiger partial charge on any atom is 0.151 e. The Bertz CT molecular complexity index is 841. The number of sulfone groups is 1. The first-order chi connectivity index (χ1) is 11.8. The molecule has 0 saturated carbocycles. The van der Waals surface area contributed by atoms with Gasteiger partial charge in [-0.1, -0.05) is 19.8 Å². The fraction of sp³-hybridized carbons (Fsp3) is 0.667. The highest BCUT2D eigenvalue weighted by atomic mass is 32.2. The minimum absolute atomic E-state index is 0.297. The first-order valence-electron chi connectivity index (χ1n) is 9.06. The summed E-state index contributed by atoms with van der Waals surface area (Å²) in [7, 11) is -2.88. The maximum absolute atomic E-state index is 11.9. The second kappa shape index (κ2) is 8.17. The van der Waals surface area contributed by atoms with E-state index in [4.69, 9.17) is 5.73 Å². The van der Waals surface area contributed by atoms with Crippen molar-refractivity contribution < 1.29 is 8.42 Å². The molecule has 2 aromatic heterocycles. The van der Waals surface area contributed by atoms with E-state index >= 15 is 0 Å². The van der Waals surface area contributed by atoms with E-state index in [2.05, 4.69) is 14.5 Å². The van der Waals surface area contributed by atoms with Gasteiger partial charge in [0, 0.05) is 12.2 Å². The van der Waals surface area contributed by atoms with Crippen LogP contribution >= 0.6 is 0 Å². The van der Waals surface area contributed by atoms with Crippen molar-refractivity contribution >= 4 is 26.7 Å². The van der Waals surface area contributed by atoms with Crippen molar-refractivity contribution in [3.63, 3.8) is 0 Å². The van der Waals surface area contributed by atoms with Crippen LogP contribution in [0.15, 0.2) is 0 Å². The van der Waals surface area contributed by atoms with Crippen molar-refractivity contribution in [2.75, 3.05) is 17.2 Å². The highest BCUT2D eigenvalue weighted by Gasteiger charge is 2.15. The molecule has 0 saturated heterocycles. The van der Waals surface area contributed by atoms with Gasteiger partial charge < -0.3 is 10.3 Å². The van der Waals surface area contributed by atoms with E-state index in [9.17, 15) is 8.42 Å². The Kier molecular flexibility index (Phi) is 6.43. The van der Waals surface area contributed by atoms with Crippen LogP contribution in [0.25, 0.3) is 11.0 Å². The van der Waals surface area contributed by atoms with Crippen molar-refractivity contribution in [3.8, 4) is 0 Å². The van der Waals surface area contributed by atoms with Gasteiger partial charge in [0.2, 0.25) is 0 Å². The first-order valence-corrected chi connectivity index (χ1v) is 10.9. The number of aryl methyl sites for hydroxylation is 4. The largest absolute Gasteiger partial charge is 0.382 e. The number of nitrogens with two attached hydrogens (primary N) is 1. The Labute approximate surface area is 150 Å². The van der Waals surface area contributed by atoms with E-state index in [1.165, 1.54) is 0 Å². The summed E-state index contributed by atoms with van der Waals surface area (Å²) in [6.07, 6.45) is 4.22. The number of hydrogen-bond donors (Lipinski definition) is 1. The van der Waals surface area contributed by atoms with Crippen LogP contribution in [0.3, 0.4) is 0 Å². The van der Waals surface area contributed by atoms with Gasteiger partial charge in [0.25, 0.3) is 0 Å². The van der Waals surface area contributed by atoms with Crippen LogP contribution in [-0.4, -0.2) is 34.5 Å². The smallest absolute Gasteiger partial charge is 0.151 e. The molecular formula is C18H30N4O2S. The summed E-state index contributed by atoms with van der Waals surface area (Å²) in [5.41, 5.74) is 9.87. The molecule has 6 nitrogen and oxygen atoms in total. The van der Waals surface area contributed by atoms with Crippen LogP contribution in [0, 0.1) is 20.8 Å². The van der Waals surface area contributed by atoms with Crippen molar-refractivity contribution in [1.29, 1.82) is 0 Å². The predicted octanol–water partition coefficient (Wildman–Crippen LogP) is 3.32. The van der Waals surface area contributed by atoms with Crippen LogP contribution in [0.4, 0.5) is 5.82 Å². The Balaban J connectivity index is 1.99. The van der Waals surface area contributed by atoms with Crippen molar-refractivity contribution in [2.45, 2.75) is 66.3 Å². The van der Waals surface area contributed by atoms with E-state index in [1.54, 1.807) is 0 Å². The molecule has 0 fully saturated rings. The molecular weight excluding hydrogens is 336 g/mol. The molecule has 0 radical (unpaired) electrons. The highest BCUT2D eigenvalue weighted by molar-refractivity contribution is 7.91. The number of nitrogens with zero attached hydrogens (tertiary/aromatic N) is 3. The summed E-state index contributed by atoms with van der Waals surface area (Å²) in [6.45, 7) is 8.81. The molecule has 2 heterocycles. The highest BCUT2D eigenvalue weighted by Crippen LogP contribution is 2.26. The Morgan fingerprint density at radius 2 is 1.68 bits per heavy atom. The molecule has 0 unspecified atom stereocenters. The van der Waals surface area contributed by atoms with Gasteiger partial charge in [-0.3, -0.25) is 0 Å². The van der Waals surface area contributed by atoms with Crippen LogP contribution in [0.5, 0.6) is 0 Å². The minimum Gasteiger partial charge on any atom is -0.382 e. The molecule has 25 heavy (non-hydrogen) atoms. The minimum atomic E-state index is -2.88. The topological polar surface area (TPSA) is 90.9 Å². The molecule has 0 aliphatic rings. The third-order valence-electron chi connectivity index (χ3n) is 4.73. The number of hydrogen-bond acceptors (Lipinski definition) is 5. The number of anilines is 1. The summed E-state index contributed by atoms with van der Waals surface area (Å²) in [6, 6.07) is 0. The molecule has 0 bridgehead atoms. The molecule has 2 rings (SSSR count). The summed E-state index contributed by atoms with van der Waals surface area (Å²) in [4.78, 5) is 8.92. The number of rotatable bonds is 9. The number of nitrogen functional groups attached to an aromatic ring is 1. The molecule has 2 aromatic rings. The third kappa shape index (κ3) is 4.71. The van der Waals surface area contributed by atoms with Crippen molar-refractivity contribution in [2.24, 2.45) is 0 Å². The Morgan fingerprint density at radius 3 is 2.36 bits per heavy atom. The maximum atomic E-state index is 11.9. The average Bonchev–Trinajstić information content (AvgIpc) is 2.88. The third-order valence-corrected chi connectivity index (χ3v) is 6.55. The van der Waals surface area contributed by atoms with Gasteiger partial charge in [-0.2, -0.15) is 0 Å². The quantitative estimate of drug-likeness (QED) is 0.687. The van der Waals surface area contributed by atoms with E-state index in [-0.39, 0.29) is 0 Å². The van der Waals surface area contributed by atoms with E-state index in [0.717, 1.165) is 66.8 Å². The summed E-state index contributed by atoms with van der Waals surface area (Å²) < 4.78 is 26.0. The van der Waals surface area contributed by atoms with E-state index in [0.29, 0.717) is 17.3 Å². The summed E-state index contributed by atoms with van der Waals surface area (Å²) >= 11 is 0. The monoisotopic (exact) mass is 366 g/mol. The van der Waals surface area contributed by atoms with Crippen LogP contribution in [-0.2, 0) is 16.4 Å². The Hall–Kier alpha value is -1.63. The fourth-order valence-corrected chi connectivity index (χ4v) is 4.70. The van der Waals surface area contributed by atoms with Crippen molar-refractivity contribution in [3.05, 3.63) is 17.1 Å². The predicted molar refractivity (Wildman–Crippen MR) is 104 cm³/mol. The lowest BCUT2D eigenvalue weighted by atomic mass is 10.2. The normalized spacial score (nSPS) is 12.2. The molecule has 140 valence electrons. The second-order valence-corrected chi connectivity index (χ2v) is 9.08. The zero-order chi connectivity index (χ0) is 18.6. The lowest BCUT2D eigenvalue weighted by Crippen LogP contribution is -2.11. The molecule has 0 amide bonds. The fourth-order valence-electron chi connectivity index (χ4n) is 3.12. The molecule has 0 spiro atoms. The summed E-state index contributed by atoms with van der Waals surface area (Å²) in [5, 5.41) is 0. The zero-order valence-electron chi connectivity index (χ0n) is 15.8. The molecule has 2 N–H and O–H groups in total. The van der Waals surface area contributed by atoms with Gasteiger partial charge in [0.15, 0.2) is 5.82 Å².